The molecular formula is C8H20OPRh-. The molecule has 1 nitrogen and oxygen atoms in total. The maximum Gasteiger partial charge on any atom is 0 e. The van der Waals surface area contributed by atoms with Crippen molar-refractivity contribution in [3.63, 3.8) is 0 Å². The smallest absolute Gasteiger partial charge is 0 e. The summed E-state index contributed by atoms with van der Waals surface area (Å²) in [6.07, 6.45) is 7.24. The van der Waals surface area contributed by atoms with Crippen molar-refractivity contribution in [1.82, 2.24) is 0 Å². The number of hydrogen-bond donors (Lipinski definition) is 1. The van der Waals surface area contributed by atoms with Gasteiger partial charge in [0.15, 0.2) is 0 Å². The van der Waals surface area contributed by atoms with E-state index in [1.165, 1.54) is 32.3 Å². The van der Waals surface area contributed by atoms with Crippen LogP contribution in [0.25, 0.3) is 0 Å². The van der Waals surface area contributed by atoms with E-state index < -0.39 is 0 Å². The number of aliphatic hydroxyl groups excluding tert-OH is 1. The van der Waals surface area contributed by atoms with Gasteiger partial charge in [0.05, 0.1) is 0 Å². The summed E-state index contributed by atoms with van der Waals surface area (Å²) in [5, 5.41) is 8.30. The van der Waals surface area contributed by atoms with Gasteiger partial charge in [0.25, 0.3) is 0 Å². The average Bonchev–Trinajstić information content (AvgIpc) is 1.89. The van der Waals surface area contributed by atoms with Gasteiger partial charge in [0.1, 0.15) is 0 Å². The Kier molecular flexibility index (Phi) is 28.0. The molecule has 1 unspecified atom stereocenters. The topological polar surface area (TPSA) is 20.2 Å². The molecule has 0 aromatic rings. The van der Waals surface area contributed by atoms with Crippen molar-refractivity contribution in [2.75, 3.05) is 0 Å². The number of hydrogen-bond acceptors (Lipinski definition) is 1. The molecule has 0 aliphatic heterocycles. The summed E-state index contributed by atoms with van der Waals surface area (Å²) < 4.78 is 0. The van der Waals surface area contributed by atoms with Gasteiger partial charge in [-0.3, -0.25) is 0 Å². The van der Waals surface area contributed by atoms with Crippen LogP contribution in [0.2, 0.25) is 0 Å². The van der Waals surface area contributed by atoms with Crippen molar-refractivity contribution in [3.8, 4) is 0 Å². The maximum absolute atomic E-state index is 8.30. The fourth-order valence-corrected chi connectivity index (χ4v) is 0.839. The Morgan fingerprint density at radius 2 is 1.64 bits per heavy atom. The number of rotatable bonds is 6. The van der Waals surface area contributed by atoms with Crippen molar-refractivity contribution < 1.29 is 24.6 Å². The first kappa shape index (κ1) is 17.9. The Morgan fingerprint density at radius 3 is 2.09 bits per heavy atom. The molecule has 0 aromatic carbocycles. The normalized spacial score (nSPS) is 8.18. The molecule has 1 N–H and O–H groups in total. The van der Waals surface area contributed by atoms with E-state index in [4.69, 9.17) is 5.11 Å². The minimum atomic E-state index is 0. The van der Waals surface area contributed by atoms with E-state index in [9.17, 15) is 0 Å². The first-order valence-electron chi connectivity index (χ1n) is 3.87. The third-order valence-corrected chi connectivity index (χ3v) is 1.44. The molecule has 0 aliphatic carbocycles. The van der Waals surface area contributed by atoms with Gasteiger partial charge in [0, 0.05) is 19.5 Å². The number of unbranched alkanes of at least 4 members (excludes halogenated alkanes) is 5. The van der Waals surface area contributed by atoms with Crippen LogP contribution in [0.5, 0.6) is 0 Å². The predicted molar refractivity (Wildman–Crippen MR) is 50.7 cm³/mol. The van der Waals surface area contributed by atoms with E-state index in [0.717, 1.165) is 12.8 Å². The van der Waals surface area contributed by atoms with Crippen LogP contribution >= 0.6 is 9.90 Å². The van der Waals surface area contributed by atoms with Gasteiger partial charge in [-0.25, -0.2) is 6.61 Å². The summed E-state index contributed by atoms with van der Waals surface area (Å²) in [4.78, 5) is 0. The molecule has 3 heteroatoms. The van der Waals surface area contributed by atoms with Crippen LogP contribution in [-0.4, -0.2) is 5.11 Å². The zero-order chi connectivity index (χ0) is 6.95. The Bertz CT molecular complexity index is 47.4. The summed E-state index contributed by atoms with van der Waals surface area (Å²) >= 11 is 0. The van der Waals surface area contributed by atoms with E-state index in [-0.39, 0.29) is 29.4 Å². The van der Waals surface area contributed by atoms with Gasteiger partial charge in [-0.2, -0.15) is 16.3 Å². The predicted octanol–water partition coefficient (Wildman–Crippen LogP) is 2.94. The molecule has 0 rings (SSSR count). The standard InChI is InChI=1S/C8H17O.H3P.Rh/c1-2-3-4-5-6-7-8-9;;/h8-9H,2-7H2,1H3;1H3;/q-1;;. The van der Waals surface area contributed by atoms with Gasteiger partial charge in [-0.1, -0.05) is 39.0 Å². The molecule has 1 radical (unpaired) electrons. The van der Waals surface area contributed by atoms with Crippen LogP contribution in [0.1, 0.15) is 45.4 Å². The van der Waals surface area contributed by atoms with Crippen molar-refractivity contribution in [2.45, 2.75) is 45.4 Å². The fourth-order valence-electron chi connectivity index (χ4n) is 0.839. The molecule has 0 aromatic heterocycles. The van der Waals surface area contributed by atoms with Crippen molar-refractivity contribution in [2.24, 2.45) is 0 Å². The Labute approximate surface area is 86.7 Å². The zero-order valence-corrected chi connectivity index (χ0v) is 10.4. The molecule has 73 valence electrons. The molecule has 0 heterocycles. The molecule has 11 heavy (non-hydrogen) atoms. The monoisotopic (exact) mass is 266 g/mol. The second-order valence-corrected chi connectivity index (χ2v) is 2.39. The molecule has 0 saturated carbocycles. The minimum absolute atomic E-state index is 0. The van der Waals surface area contributed by atoms with Gasteiger partial charge in [-0.15, -0.1) is 0 Å². The van der Waals surface area contributed by atoms with E-state index in [1.54, 1.807) is 0 Å². The third kappa shape index (κ3) is 18.2. The minimum Gasteiger partial charge on any atom is -0.566 e. The molecular weight excluding hydrogens is 246 g/mol. The van der Waals surface area contributed by atoms with Crippen molar-refractivity contribution in [1.29, 1.82) is 0 Å². The molecule has 0 spiro atoms. The van der Waals surface area contributed by atoms with Crippen LogP contribution in [0, 0.1) is 6.61 Å². The van der Waals surface area contributed by atoms with Gasteiger partial charge < -0.3 is 5.11 Å². The molecule has 0 amide bonds. The maximum atomic E-state index is 8.30. The SMILES string of the molecule is CCCCCCC[CH-]O.P.[Rh]. The van der Waals surface area contributed by atoms with E-state index in [0.29, 0.717) is 0 Å². The first-order chi connectivity index (χ1) is 4.41. The molecule has 0 bridgehead atoms. The third-order valence-electron chi connectivity index (χ3n) is 1.44. The Morgan fingerprint density at radius 1 is 1.09 bits per heavy atom. The summed E-state index contributed by atoms with van der Waals surface area (Å²) in [6, 6.07) is 0. The van der Waals surface area contributed by atoms with Crippen LogP contribution in [0.4, 0.5) is 0 Å². The van der Waals surface area contributed by atoms with Crippen molar-refractivity contribution >= 4 is 9.90 Å². The number of aliphatic hydroxyl groups is 1. The second kappa shape index (κ2) is 17.2. The van der Waals surface area contributed by atoms with Gasteiger partial charge in [-0.05, 0) is 0 Å². The first-order valence-corrected chi connectivity index (χ1v) is 3.87. The van der Waals surface area contributed by atoms with Gasteiger partial charge in [0.2, 0.25) is 0 Å². The zero-order valence-electron chi connectivity index (χ0n) is 7.31. The Hall–Kier alpha value is 1.01. The quantitative estimate of drug-likeness (QED) is 0.339. The Balaban J connectivity index is -0.000000320. The summed E-state index contributed by atoms with van der Waals surface area (Å²) in [7, 11) is 0. The van der Waals surface area contributed by atoms with Gasteiger partial charge >= 0.3 is 0 Å². The van der Waals surface area contributed by atoms with E-state index in [1.807, 2.05) is 0 Å². The van der Waals surface area contributed by atoms with Crippen LogP contribution in [0.15, 0.2) is 0 Å². The van der Waals surface area contributed by atoms with E-state index in [2.05, 4.69) is 6.92 Å². The van der Waals surface area contributed by atoms with Crippen LogP contribution in [-0.2, 0) is 19.5 Å². The summed E-state index contributed by atoms with van der Waals surface area (Å²) in [5.41, 5.74) is 0. The van der Waals surface area contributed by atoms with E-state index >= 15 is 0 Å². The largest absolute Gasteiger partial charge is 0.566 e. The molecule has 0 aliphatic rings. The van der Waals surface area contributed by atoms with Crippen LogP contribution in [0.3, 0.4) is 0 Å². The fraction of sp³-hybridized carbons (Fsp3) is 0.875. The average molecular weight is 266 g/mol. The molecule has 0 fully saturated rings. The summed E-state index contributed by atoms with van der Waals surface area (Å²) in [5.74, 6) is 0. The van der Waals surface area contributed by atoms with Crippen molar-refractivity contribution in [3.05, 3.63) is 6.61 Å². The molecule has 1 atom stereocenters. The molecule has 0 saturated heterocycles. The van der Waals surface area contributed by atoms with Crippen LogP contribution < -0.4 is 0 Å². The summed E-state index contributed by atoms with van der Waals surface area (Å²) in [6.45, 7) is 3.46. The second-order valence-electron chi connectivity index (χ2n) is 2.39.